The predicted octanol–water partition coefficient (Wildman–Crippen LogP) is 1.40. The van der Waals surface area contributed by atoms with Crippen LogP contribution in [0.25, 0.3) is 11.1 Å². The van der Waals surface area contributed by atoms with Gasteiger partial charge in [-0.2, -0.15) is 0 Å². The lowest BCUT2D eigenvalue weighted by atomic mass is 9.81. The van der Waals surface area contributed by atoms with E-state index < -0.39 is 31.3 Å². The molecule has 0 bridgehead atoms. The van der Waals surface area contributed by atoms with Crippen LogP contribution in [0.15, 0.2) is 36.4 Å². The summed E-state index contributed by atoms with van der Waals surface area (Å²) in [5.74, 6) is 0. The lowest BCUT2D eigenvalue weighted by molar-refractivity contribution is 0.272. The first kappa shape index (κ1) is 38.9. The van der Waals surface area contributed by atoms with E-state index in [4.69, 9.17) is 77.0 Å². The molecule has 230 valence electrons. The molecule has 16 nitrogen and oxygen atoms in total. The minimum absolute atomic E-state index is 1.27. The fraction of sp³-hybridized carbons (Fsp3) is 0.400. The Morgan fingerprint density at radius 2 is 0.625 bits per heavy atom. The highest BCUT2D eigenvalue weighted by Gasteiger charge is 2.18. The third kappa shape index (κ3) is 23.6. The van der Waals surface area contributed by atoms with Gasteiger partial charge in [-0.3, -0.25) is 0 Å². The Morgan fingerprint density at radius 3 is 0.875 bits per heavy atom. The number of benzene rings is 2. The summed E-state index contributed by atoms with van der Waals surface area (Å²) in [6.07, 6.45) is 10.5. The molecule has 4 rings (SSSR count). The molecule has 2 aliphatic carbocycles. The molecule has 2 aliphatic rings. The largest absolute Gasteiger partial charge is 0.466 e. The van der Waals surface area contributed by atoms with Gasteiger partial charge in [0.25, 0.3) is 0 Å². The van der Waals surface area contributed by atoms with Crippen LogP contribution in [0, 0.1) is 0 Å². The number of phosphoric acid groups is 4. The van der Waals surface area contributed by atoms with Crippen molar-refractivity contribution in [2.75, 3.05) is 0 Å². The molecule has 0 aromatic heterocycles. The molecule has 0 spiro atoms. The summed E-state index contributed by atoms with van der Waals surface area (Å²) in [5.41, 5.74) is 9.53. The van der Waals surface area contributed by atoms with Crippen molar-refractivity contribution in [3.63, 3.8) is 0 Å². The molecular formula is C20H34O16P4. The Bertz CT molecular complexity index is 1090. The molecule has 40 heavy (non-hydrogen) atoms. The first-order valence-electron chi connectivity index (χ1n) is 11.3. The van der Waals surface area contributed by atoms with E-state index in [2.05, 4.69) is 36.4 Å². The maximum Gasteiger partial charge on any atom is 0.466 e. The van der Waals surface area contributed by atoms with Crippen LogP contribution in [0.1, 0.15) is 47.9 Å². The van der Waals surface area contributed by atoms with Crippen molar-refractivity contribution in [1.82, 2.24) is 0 Å². The second-order valence-electron chi connectivity index (χ2n) is 8.35. The van der Waals surface area contributed by atoms with Crippen LogP contribution >= 0.6 is 31.3 Å². The van der Waals surface area contributed by atoms with Crippen LogP contribution in [0.5, 0.6) is 0 Å². The fourth-order valence-corrected chi connectivity index (χ4v) is 4.07. The first-order chi connectivity index (χ1) is 17.9. The van der Waals surface area contributed by atoms with Gasteiger partial charge in [0.1, 0.15) is 0 Å². The standard InChI is InChI=1S/C20H22.4H3O4P/c1-3-11-17-15(7-1)9-5-13-19(17)20-14-6-10-16-8-2-4-12-18(16)20;4*1-5(2,3)4/h5-6,9-10,13-14H,1-4,7-8,11-12H2;4*(H3,1,2,3,4). The maximum absolute atomic E-state index is 8.88. The molecule has 0 aliphatic heterocycles. The maximum atomic E-state index is 8.88. The normalized spacial score (nSPS) is 14.6. The van der Waals surface area contributed by atoms with E-state index in [1.54, 1.807) is 22.3 Å². The number of hydrogen-bond donors (Lipinski definition) is 12. The molecule has 0 saturated carbocycles. The van der Waals surface area contributed by atoms with Crippen LogP contribution in [-0.2, 0) is 43.9 Å². The first-order valence-corrected chi connectivity index (χ1v) is 17.5. The summed E-state index contributed by atoms with van der Waals surface area (Å²) >= 11 is 0. The highest BCUT2D eigenvalue weighted by molar-refractivity contribution is 7.45. The van der Waals surface area contributed by atoms with E-state index in [-0.39, 0.29) is 0 Å². The van der Waals surface area contributed by atoms with Gasteiger partial charge in [-0.1, -0.05) is 36.4 Å². The van der Waals surface area contributed by atoms with Gasteiger partial charge in [0.2, 0.25) is 0 Å². The smallest absolute Gasteiger partial charge is 0.303 e. The van der Waals surface area contributed by atoms with Gasteiger partial charge >= 0.3 is 31.3 Å². The van der Waals surface area contributed by atoms with Crippen molar-refractivity contribution < 1.29 is 77.0 Å². The van der Waals surface area contributed by atoms with E-state index in [9.17, 15) is 0 Å². The molecular weight excluding hydrogens is 620 g/mol. The third-order valence-electron chi connectivity index (χ3n) is 5.08. The van der Waals surface area contributed by atoms with Gasteiger partial charge in [0.05, 0.1) is 0 Å². The lowest BCUT2D eigenvalue weighted by Gasteiger charge is -2.24. The summed E-state index contributed by atoms with van der Waals surface area (Å²) in [6, 6.07) is 13.9. The summed E-state index contributed by atoms with van der Waals surface area (Å²) in [7, 11) is -18.6. The van der Waals surface area contributed by atoms with Crippen molar-refractivity contribution in [1.29, 1.82) is 0 Å². The summed E-state index contributed by atoms with van der Waals surface area (Å²) in [6.45, 7) is 0. The molecule has 0 heterocycles. The zero-order valence-electron chi connectivity index (χ0n) is 20.9. The molecule has 0 radical (unpaired) electrons. The lowest BCUT2D eigenvalue weighted by Crippen LogP contribution is -2.08. The zero-order chi connectivity index (χ0) is 31.4. The highest BCUT2D eigenvalue weighted by Crippen LogP contribution is 2.36. The average molecular weight is 654 g/mol. The minimum Gasteiger partial charge on any atom is -0.303 e. The van der Waals surface area contributed by atoms with Crippen molar-refractivity contribution in [2.24, 2.45) is 0 Å². The van der Waals surface area contributed by atoms with Crippen LogP contribution in [-0.4, -0.2) is 58.7 Å². The minimum atomic E-state index is -4.64. The van der Waals surface area contributed by atoms with E-state index >= 15 is 0 Å². The van der Waals surface area contributed by atoms with Gasteiger partial charge in [0.15, 0.2) is 0 Å². The topological polar surface area (TPSA) is 311 Å². The SMILES string of the molecule is O=P(O)(O)O.O=P(O)(O)O.O=P(O)(O)O.O=P(O)(O)O.c1cc2c(c(-c3cccc4c3CCCC4)c1)CCCC2. The average Bonchev–Trinajstić information content (AvgIpc) is 2.74. The van der Waals surface area contributed by atoms with E-state index in [1.165, 1.54) is 62.5 Å². The predicted molar refractivity (Wildman–Crippen MR) is 142 cm³/mol. The molecule has 0 fully saturated rings. The Kier molecular flexibility index (Phi) is 16.6. The van der Waals surface area contributed by atoms with Crippen LogP contribution in [0.3, 0.4) is 0 Å². The number of hydrogen-bond acceptors (Lipinski definition) is 4. The van der Waals surface area contributed by atoms with Crippen molar-refractivity contribution >= 4 is 31.3 Å². The number of aryl methyl sites for hydroxylation is 2. The highest BCUT2D eigenvalue weighted by atomic mass is 31.2. The number of fused-ring (bicyclic) bond motifs is 2. The molecule has 12 N–H and O–H groups in total. The van der Waals surface area contributed by atoms with Gasteiger partial charge in [-0.05, 0) is 84.7 Å². The Labute approximate surface area is 229 Å². The van der Waals surface area contributed by atoms with Crippen LogP contribution < -0.4 is 0 Å². The second kappa shape index (κ2) is 17.1. The van der Waals surface area contributed by atoms with Crippen molar-refractivity contribution in [3.8, 4) is 11.1 Å². The molecule has 0 saturated heterocycles. The van der Waals surface area contributed by atoms with E-state index in [0.29, 0.717) is 0 Å². The van der Waals surface area contributed by atoms with Crippen molar-refractivity contribution in [2.45, 2.75) is 51.4 Å². The molecule has 0 amide bonds. The Balaban J connectivity index is 0.000000627. The molecule has 20 heteroatoms. The Hall–Kier alpha value is -1.12. The zero-order valence-corrected chi connectivity index (χ0v) is 24.5. The molecule has 0 unspecified atom stereocenters. The van der Waals surface area contributed by atoms with Gasteiger partial charge in [-0.25, -0.2) is 18.3 Å². The second-order valence-corrected chi connectivity index (χ2v) is 12.5. The van der Waals surface area contributed by atoms with Gasteiger partial charge in [0, 0.05) is 0 Å². The Morgan fingerprint density at radius 1 is 0.400 bits per heavy atom. The monoisotopic (exact) mass is 654 g/mol. The van der Waals surface area contributed by atoms with E-state index in [0.717, 1.165) is 0 Å². The van der Waals surface area contributed by atoms with Crippen LogP contribution in [0.2, 0.25) is 0 Å². The van der Waals surface area contributed by atoms with Crippen LogP contribution in [0.4, 0.5) is 0 Å². The summed E-state index contributed by atoms with van der Waals surface area (Å²) in [4.78, 5) is 86.2. The fourth-order valence-electron chi connectivity index (χ4n) is 4.07. The molecule has 2 aromatic rings. The third-order valence-corrected chi connectivity index (χ3v) is 5.08. The van der Waals surface area contributed by atoms with E-state index in [1.807, 2.05) is 0 Å². The van der Waals surface area contributed by atoms with Gasteiger partial charge < -0.3 is 58.7 Å². The summed E-state index contributed by atoms with van der Waals surface area (Å²) in [5, 5.41) is 0. The molecule has 0 atom stereocenters. The van der Waals surface area contributed by atoms with Gasteiger partial charge in [-0.15, -0.1) is 0 Å². The van der Waals surface area contributed by atoms with Crippen molar-refractivity contribution in [3.05, 3.63) is 58.7 Å². The number of rotatable bonds is 1. The molecule has 2 aromatic carbocycles. The summed E-state index contributed by atoms with van der Waals surface area (Å²) < 4.78 is 35.5. The quantitative estimate of drug-likeness (QED) is 0.193.